The fourth-order valence-corrected chi connectivity index (χ4v) is 2.81. The highest BCUT2D eigenvalue weighted by atomic mass is 35.5. The Hall–Kier alpha value is -3.53. The number of rotatable bonds is 3. The Balaban J connectivity index is 1.60. The largest absolute Gasteiger partial charge is 0.437 e. The van der Waals surface area contributed by atoms with Crippen LogP contribution < -0.4 is 10.1 Å². The number of nitrogens with zero attached hydrogens (tertiary/aromatic N) is 3. The summed E-state index contributed by atoms with van der Waals surface area (Å²) in [5.74, 6) is -0.712. The number of carbonyl (C=O) groups is 1. The number of carbonyl (C=O) groups excluding carboxylic acids is 1. The van der Waals surface area contributed by atoms with E-state index in [9.17, 15) is 18.0 Å². The molecule has 7 nitrogen and oxygen atoms in total. The first-order valence-electron chi connectivity index (χ1n) is 8.16. The number of alkyl halides is 3. The number of halogens is 4. The summed E-state index contributed by atoms with van der Waals surface area (Å²) in [4.78, 5) is 19.0. The number of anilines is 1. The van der Waals surface area contributed by atoms with E-state index in [1.54, 1.807) is 24.3 Å². The molecule has 0 spiro atoms. The maximum Gasteiger partial charge on any atom is 0.437 e. The maximum absolute atomic E-state index is 13.6. The van der Waals surface area contributed by atoms with E-state index in [0.29, 0.717) is 20.7 Å². The molecule has 148 valence electrons. The van der Waals surface area contributed by atoms with Gasteiger partial charge < -0.3 is 9.72 Å². The SMILES string of the molecule is O=C(Nc1nc2ccccc2[nH]1)Oc1cnn(-c2ccc(Cl)cc2)c1C(F)(F)F. The van der Waals surface area contributed by atoms with Gasteiger partial charge in [0.15, 0.2) is 11.4 Å². The zero-order chi connectivity index (χ0) is 20.6. The third-order valence-electron chi connectivity index (χ3n) is 3.89. The van der Waals surface area contributed by atoms with E-state index in [4.69, 9.17) is 16.3 Å². The van der Waals surface area contributed by atoms with Crippen molar-refractivity contribution in [2.45, 2.75) is 6.18 Å². The van der Waals surface area contributed by atoms with Crippen LogP contribution in [0.4, 0.5) is 23.9 Å². The number of amides is 1. The molecule has 0 bridgehead atoms. The lowest BCUT2D eigenvalue weighted by Gasteiger charge is -2.12. The molecule has 2 aromatic heterocycles. The van der Waals surface area contributed by atoms with Crippen LogP contribution in [0.2, 0.25) is 5.02 Å². The van der Waals surface area contributed by atoms with E-state index in [2.05, 4.69) is 20.4 Å². The Kier molecular flexibility index (Phi) is 4.63. The quantitative estimate of drug-likeness (QED) is 0.486. The fourth-order valence-electron chi connectivity index (χ4n) is 2.68. The van der Waals surface area contributed by atoms with Gasteiger partial charge in [-0.2, -0.15) is 18.3 Å². The molecule has 4 rings (SSSR count). The number of aromatic amines is 1. The van der Waals surface area contributed by atoms with E-state index < -0.39 is 23.7 Å². The van der Waals surface area contributed by atoms with Gasteiger partial charge in [0.05, 0.1) is 22.9 Å². The molecule has 29 heavy (non-hydrogen) atoms. The molecule has 0 aliphatic heterocycles. The van der Waals surface area contributed by atoms with Gasteiger partial charge in [-0.3, -0.25) is 5.32 Å². The third kappa shape index (κ3) is 3.87. The first-order chi connectivity index (χ1) is 13.8. The van der Waals surface area contributed by atoms with E-state index >= 15 is 0 Å². The Labute approximate surface area is 166 Å². The molecular formula is C18H11ClF3N5O2. The summed E-state index contributed by atoms with van der Waals surface area (Å²) in [5.41, 5.74) is 0.0949. The molecule has 2 N–H and O–H groups in total. The van der Waals surface area contributed by atoms with Crippen molar-refractivity contribution in [1.29, 1.82) is 0 Å². The summed E-state index contributed by atoms with van der Waals surface area (Å²) in [7, 11) is 0. The monoisotopic (exact) mass is 421 g/mol. The number of ether oxygens (including phenoxy) is 1. The van der Waals surface area contributed by atoms with Gasteiger partial charge in [-0.05, 0) is 36.4 Å². The van der Waals surface area contributed by atoms with Gasteiger partial charge in [0.2, 0.25) is 5.95 Å². The summed E-state index contributed by atoms with van der Waals surface area (Å²) >= 11 is 5.77. The average Bonchev–Trinajstić information content (AvgIpc) is 3.25. The Morgan fingerprint density at radius 2 is 1.86 bits per heavy atom. The second kappa shape index (κ2) is 7.13. The molecule has 2 aromatic carbocycles. The highest BCUT2D eigenvalue weighted by molar-refractivity contribution is 6.30. The second-order valence-electron chi connectivity index (χ2n) is 5.86. The van der Waals surface area contributed by atoms with Gasteiger partial charge in [-0.15, -0.1) is 0 Å². The third-order valence-corrected chi connectivity index (χ3v) is 4.14. The van der Waals surface area contributed by atoms with Crippen molar-refractivity contribution in [2.75, 3.05) is 5.32 Å². The molecule has 0 aliphatic rings. The van der Waals surface area contributed by atoms with Crippen molar-refractivity contribution in [3.05, 3.63) is 65.4 Å². The van der Waals surface area contributed by atoms with Crippen LogP contribution in [0.1, 0.15) is 5.69 Å². The van der Waals surface area contributed by atoms with Gasteiger partial charge in [0, 0.05) is 5.02 Å². The van der Waals surface area contributed by atoms with Crippen molar-refractivity contribution >= 4 is 34.7 Å². The van der Waals surface area contributed by atoms with Crippen molar-refractivity contribution < 1.29 is 22.7 Å². The number of para-hydroxylation sites is 2. The first-order valence-corrected chi connectivity index (χ1v) is 8.54. The lowest BCUT2D eigenvalue weighted by molar-refractivity contribution is -0.143. The van der Waals surface area contributed by atoms with Crippen LogP contribution in [0.25, 0.3) is 16.7 Å². The molecule has 2 heterocycles. The zero-order valence-corrected chi connectivity index (χ0v) is 15.1. The molecule has 0 unspecified atom stereocenters. The molecule has 1 amide bonds. The van der Waals surface area contributed by atoms with E-state index in [-0.39, 0.29) is 11.6 Å². The standard InChI is InChI=1S/C18H11ClF3N5O2/c19-10-5-7-11(8-6-10)27-15(18(20,21)22)14(9-23-27)29-17(28)26-16-24-12-3-1-2-4-13(12)25-16/h1-9H,(H2,24,25,26,28). The maximum atomic E-state index is 13.6. The van der Waals surface area contributed by atoms with Crippen LogP contribution in [0, 0.1) is 0 Å². The molecule has 0 atom stereocenters. The number of aromatic nitrogens is 4. The molecule has 0 aliphatic carbocycles. The van der Waals surface area contributed by atoms with E-state index in [0.717, 1.165) is 6.20 Å². The highest BCUT2D eigenvalue weighted by Gasteiger charge is 2.40. The lowest BCUT2D eigenvalue weighted by atomic mass is 10.3. The van der Waals surface area contributed by atoms with Crippen molar-refractivity contribution in [3.63, 3.8) is 0 Å². The van der Waals surface area contributed by atoms with Crippen LogP contribution in [0.15, 0.2) is 54.7 Å². The van der Waals surface area contributed by atoms with Gasteiger partial charge in [0.1, 0.15) is 0 Å². The topological polar surface area (TPSA) is 84.8 Å². The average molecular weight is 422 g/mol. The van der Waals surface area contributed by atoms with Crippen LogP contribution in [-0.4, -0.2) is 25.8 Å². The van der Waals surface area contributed by atoms with Crippen molar-refractivity contribution in [1.82, 2.24) is 19.7 Å². The van der Waals surface area contributed by atoms with Crippen molar-refractivity contribution in [3.8, 4) is 11.4 Å². The summed E-state index contributed by atoms with van der Waals surface area (Å²) in [6.45, 7) is 0. The minimum Gasteiger partial charge on any atom is -0.406 e. The number of fused-ring (bicyclic) bond motifs is 1. The molecule has 0 saturated carbocycles. The van der Waals surface area contributed by atoms with Gasteiger partial charge in [0.25, 0.3) is 0 Å². The summed E-state index contributed by atoms with van der Waals surface area (Å²) in [6.07, 6.45) is -5.16. The normalized spacial score (nSPS) is 11.6. The van der Waals surface area contributed by atoms with Crippen molar-refractivity contribution in [2.24, 2.45) is 0 Å². The second-order valence-corrected chi connectivity index (χ2v) is 6.30. The number of hydrogen-bond donors (Lipinski definition) is 2. The summed E-state index contributed by atoms with van der Waals surface area (Å²) in [6, 6.07) is 12.5. The van der Waals surface area contributed by atoms with Crippen LogP contribution >= 0.6 is 11.6 Å². The van der Waals surface area contributed by atoms with Gasteiger partial charge in [-0.1, -0.05) is 23.7 Å². The molecule has 11 heteroatoms. The van der Waals surface area contributed by atoms with Crippen LogP contribution in [0.5, 0.6) is 5.75 Å². The number of hydrogen-bond acceptors (Lipinski definition) is 4. The number of nitrogens with one attached hydrogen (secondary N) is 2. The Morgan fingerprint density at radius 3 is 2.55 bits per heavy atom. The minimum atomic E-state index is -4.83. The zero-order valence-electron chi connectivity index (χ0n) is 14.4. The molecular weight excluding hydrogens is 411 g/mol. The number of H-pyrrole nitrogens is 1. The lowest BCUT2D eigenvalue weighted by Crippen LogP contribution is -2.20. The van der Waals surface area contributed by atoms with Crippen LogP contribution in [-0.2, 0) is 6.18 Å². The minimum absolute atomic E-state index is 0.0369. The fraction of sp³-hybridized carbons (Fsp3) is 0.0556. The number of benzene rings is 2. The highest BCUT2D eigenvalue weighted by Crippen LogP contribution is 2.37. The molecule has 4 aromatic rings. The van der Waals surface area contributed by atoms with Crippen LogP contribution in [0.3, 0.4) is 0 Å². The number of imidazole rings is 1. The predicted molar refractivity (Wildman–Crippen MR) is 99.3 cm³/mol. The molecule has 0 radical (unpaired) electrons. The van der Waals surface area contributed by atoms with E-state index in [1.165, 1.54) is 24.3 Å². The summed E-state index contributed by atoms with van der Waals surface area (Å²) < 4.78 is 46.3. The predicted octanol–water partition coefficient (Wildman–Crippen LogP) is 5.03. The smallest absolute Gasteiger partial charge is 0.406 e. The molecule has 0 fully saturated rings. The molecule has 0 saturated heterocycles. The Morgan fingerprint density at radius 1 is 1.14 bits per heavy atom. The Bertz CT molecular complexity index is 1150. The van der Waals surface area contributed by atoms with Gasteiger partial charge in [-0.25, -0.2) is 14.5 Å². The van der Waals surface area contributed by atoms with E-state index in [1.807, 2.05) is 0 Å². The summed E-state index contributed by atoms with van der Waals surface area (Å²) in [5, 5.41) is 6.33. The van der Waals surface area contributed by atoms with Gasteiger partial charge >= 0.3 is 12.3 Å². The first kappa shape index (κ1) is 18.8.